The van der Waals surface area contributed by atoms with Crippen molar-refractivity contribution in [3.8, 4) is 11.3 Å². The van der Waals surface area contributed by atoms with Crippen LogP contribution in [-0.4, -0.2) is 10.3 Å². The summed E-state index contributed by atoms with van der Waals surface area (Å²) in [5.41, 5.74) is 0.221. The normalized spacial score (nSPS) is 14.7. The fourth-order valence-electron chi connectivity index (χ4n) is 2.10. The lowest BCUT2D eigenvalue weighted by molar-refractivity contribution is -0.134. The molecule has 1 aromatic carbocycles. The molecule has 11 heteroatoms. The monoisotopic (exact) mass is 492 g/mol. The molecule has 1 aliphatic carbocycles. The van der Waals surface area contributed by atoms with Gasteiger partial charge in [-0.2, -0.15) is 17.5 Å². The van der Waals surface area contributed by atoms with Crippen LogP contribution in [0.1, 0.15) is 17.7 Å². The molecule has 25 heavy (non-hydrogen) atoms. The SMILES string of the molecule is O=C(Nc1c(Cl)cc(Cl)c(-c2nsc(C(F)(F)F)c2Cl)c1Br)C1CC1. The van der Waals surface area contributed by atoms with Gasteiger partial charge in [0.15, 0.2) is 0 Å². The van der Waals surface area contributed by atoms with E-state index in [4.69, 9.17) is 34.8 Å². The first kappa shape index (κ1) is 19.2. The fraction of sp³-hybridized carbons (Fsp3) is 0.286. The van der Waals surface area contributed by atoms with Crippen LogP contribution in [0.4, 0.5) is 18.9 Å². The summed E-state index contributed by atoms with van der Waals surface area (Å²) in [6.45, 7) is 0. The first-order chi connectivity index (χ1) is 11.6. The molecule has 0 aliphatic heterocycles. The van der Waals surface area contributed by atoms with E-state index >= 15 is 0 Å². The third-order valence-electron chi connectivity index (χ3n) is 3.50. The number of alkyl halides is 3. The minimum absolute atomic E-state index is 0.0576. The number of aromatic nitrogens is 1. The molecule has 134 valence electrons. The van der Waals surface area contributed by atoms with E-state index in [0.717, 1.165) is 12.8 Å². The van der Waals surface area contributed by atoms with Gasteiger partial charge in [-0.25, -0.2) is 0 Å². The van der Waals surface area contributed by atoms with Gasteiger partial charge in [0.1, 0.15) is 10.6 Å². The Morgan fingerprint density at radius 2 is 1.92 bits per heavy atom. The highest BCUT2D eigenvalue weighted by molar-refractivity contribution is 9.10. The fourth-order valence-corrected chi connectivity index (χ4v) is 4.69. The largest absolute Gasteiger partial charge is 0.428 e. The van der Waals surface area contributed by atoms with Gasteiger partial charge in [-0.15, -0.1) is 0 Å². The summed E-state index contributed by atoms with van der Waals surface area (Å²) in [4.78, 5) is 11.0. The van der Waals surface area contributed by atoms with Gasteiger partial charge in [0.25, 0.3) is 0 Å². The van der Waals surface area contributed by atoms with E-state index in [2.05, 4.69) is 25.6 Å². The van der Waals surface area contributed by atoms with Crippen LogP contribution in [0.5, 0.6) is 0 Å². The van der Waals surface area contributed by atoms with Crippen molar-refractivity contribution in [3.63, 3.8) is 0 Å². The quantitative estimate of drug-likeness (QED) is 0.504. The molecular weight excluding hydrogens is 487 g/mol. The maximum absolute atomic E-state index is 13.0. The third-order valence-corrected chi connectivity index (χ3v) is 6.26. The summed E-state index contributed by atoms with van der Waals surface area (Å²) >= 11 is 21.6. The molecule has 0 spiro atoms. The molecule has 0 bridgehead atoms. The second-order valence-electron chi connectivity index (χ2n) is 5.34. The predicted octanol–water partition coefficient (Wildman–Crippen LogP) is 6.90. The second kappa shape index (κ2) is 6.88. The van der Waals surface area contributed by atoms with Crippen molar-refractivity contribution in [2.24, 2.45) is 5.92 Å². The summed E-state index contributed by atoms with van der Waals surface area (Å²) in [5.74, 6) is -0.294. The summed E-state index contributed by atoms with van der Waals surface area (Å²) < 4.78 is 42.9. The number of hydrogen-bond acceptors (Lipinski definition) is 3. The molecule has 1 saturated carbocycles. The summed E-state index contributed by atoms with van der Waals surface area (Å²) in [6, 6.07) is 1.33. The number of carbonyl (C=O) groups excluding carboxylic acids is 1. The molecule has 1 N–H and O–H groups in total. The van der Waals surface area contributed by atoms with Crippen LogP contribution >= 0.6 is 62.3 Å². The van der Waals surface area contributed by atoms with Crippen LogP contribution in [0, 0.1) is 5.92 Å². The topological polar surface area (TPSA) is 42.0 Å². The molecule has 1 fully saturated rings. The number of rotatable bonds is 3. The molecule has 0 saturated heterocycles. The van der Waals surface area contributed by atoms with Crippen molar-refractivity contribution >= 4 is 73.9 Å². The van der Waals surface area contributed by atoms with E-state index in [9.17, 15) is 18.0 Å². The van der Waals surface area contributed by atoms with Crippen molar-refractivity contribution in [1.82, 2.24) is 4.37 Å². The van der Waals surface area contributed by atoms with Gasteiger partial charge in [0.05, 0.1) is 25.2 Å². The number of amides is 1. The predicted molar refractivity (Wildman–Crippen MR) is 96.6 cm³/mol. The molecule has 2 aromatic rings. The molecule has 0 atom stereocenters. The van der Waals surface area contributed by atoms with Crippen molar-refractivity contribution < 1.29 is 18.0 Å². The van der Waals surface area contributed by atoms with E-state index in [0.29, 0.717) is 0 Å². The number of hydrogen-bond donors (Lipinski definition) is 1. The molecule has 3 nitrogen and oxygen atoms in total. The van der Waals surface area contributed by atoms with E-state index < -0.39 is 16.1 Å². The van der Waals surface area contributed by atoms with Gasteiger partial charge in [0, 0.05) is 11.5 Å². The number of anilines is 1. The van der Waals surface area contributed by atoms with E-state index in [1.54, 1.807) is 0 Å². The van der Waals surface area contributed by atoms with Crippen molar-refractivity contribution in [3.05, 3.63) is 30.5 Å². The molecule has 0 radical (unpaired) electrons. The third kappa shape index (κ3) is 3.78. The number of carbonyl (C=O) groups is 1. The highest BCUT2D eigenvalue weighted by Gasteiger charge is 2.38. The lowest BCUT2D eigenvalue weighted by atomic mass is 10.1. The minimum Gasteiger partial charge on any atom is -0.324 e. The van der Waals surface area contributed by atoms with Gasteiger partial charge >= 0.3 is 6.18 Å². The summed E-state index contributed by atoms with van der Waals surface area (Å²) in [7, 11) is 0. The average molecular weight is 495 g/mol. The molecule has 3 rings (SSSR count). The number of nitrogens with zero attached hydrogens (tertiary/aromatic N) is 1. The standard InChI is InChI=1S/C14H7BrCl3F3N2OS/c15-8-7(11-9(18)12(25-23-11)14(19,20)21)5(16)3-6(17)10(8)22-13(24)4-1-2-4/h3-4H,1-2H2,(H,22,24). The molecule has 1 aromatic heterocycles. The maximum Gasteiger partial charge on any atom is 0.428 e. The van der Waals surface area contributed by atoms with E-state index in [-0.39, 0.29) is 54.8 Å². The van der Waals surface area contributed by atoms with Crippen LogP contribution in [0.2, 0.25) is 15.1 Å². The lowest BCUT2D eigenvalue weighted by Crippen LogP contribution is -2.14. The first-order valence-corrected chi connectivity index (χ1v) is 9.52. The van der Waals surface area contributed by atoms with Crippen molar-refractivity contribution in [2.45, 2.75) is 19.0 Å². The zero-order valence-corrected chi connectivity index (χ0v) is 16.6. The van der Waals surface area contributed by atoms with Crippen molar-refractivity contribution in [1.29, 1.82) is 0 Å². The Kier molecular flexibility index (Phi) is 5.30. The number of halogens is 7. The van der Waals surface area contributed by atoms with Crippen LogP contribution < -0.4 is 5.32 Å². The Bertz CT molecular complexity index is 868. The van der Waals surface area contributed by atoms with Gasteiger partial charge in [0.2, 0.25) is 5.91 Å². The second-order valence-corrected chi connectivity index (χ2v) is 8.10. The van der Waals surface area contributed by atoms with E-state index in [1.807, 2.05) is 0 Å². The zero-order chi connectivity index (χ0) is 18.5. The molecule has 0 unspecified atom stereocenters. The number of benzene rings is 1. The minimum atomic E-state index is -4.62. The Morgan fingerprint density at radius 1 is 1.28 bits per heavy atom. The smallest absolute Gasteiger partial charge is 0.324 e. The Balaban J connectivity index is 2.10. The highest BCUT2D eigenvalue weighted by atomic mass is 79.9. The van der Waals surface area contributed by atoms with Crippen molar-refractivity contribution in [2.75, 3.05) is 5.32 Å². The Morgan fingerprint density at radius 3 is 2.44 bits per heavy atom. The van der Waals surface area contributed by atoms with Gasteiger partial charge in [-0.3, -0.25) is 4.79 Å². The van der Waals surface area contributed by atoms with Gasteiger partial charge in [-0.1, -0.05) is 34.8 Å². The Hall–Kier alpha value is -0.540. The first-order valence-electron chi connectivity index (χ1n) is 6.82. The van der Waals surface area contributed by atoms with Gasteiger partial charge in [-0.05, 0) is 46.4 Å². The Labute approximate surface area is 167 Å². The van der Waals surface area contributed by atoms with Crippen LogP contribution in [0.3, 0.4) is 0 Å². The highest BCUT2D eigenvalue weighted by Crippen LogP contribution is 2.49. The zero-order valence-electron chi connectivity index (χ0n) is 12.0. The average Bonchev–Trinajstić information content (AvgIpc) is 3.27. The van der Waals surface area contributed by atoms with Crippen LogP contribution in [-0.2, 0) is 11.0 Å². The van der Waals surface area contributed by atoms with Crippen LogP contribution in [0.25, 0.3) is 11.3 Å². The lowest BCUT2D eigenvalue weighted by Gasteiger charge is -2.14. The molecule has 1 heterocycles. The summed E-state index contributed by atoms with van der Waals surface area (Å²) in [5, 5.41) is 2.32. The summed E-state index contributed by atoms with van der Waals surface area (Å²) in [6.07, 6.45) is -3.05. The maximum atomic E-state index is 13.0. The number of nitrogens with one attached hydrogen (secondary N) is 1. The van der Waals surface area contributed by atoms with Crippen LogP contribution in [0.15, 0.2) is 10.5 Å². The molecular formula is C14H7BrCl3F3N2OS. The molecule has 1 aliphatic rings. The van der Waals surface area contributed by atoms with Gasteiger partial charge < -0.3 is 5.32 Å². The molecule has 1 amide bonds. The van der Waals surface area contributed by atoms with E-state index in [1.165, 1.54) is 6.07 Å².